The first-order chi connectivity index (χ1) is 10.7. The largest absolute Gasteiger partial charge is 0.325 e. The third-order valence-electron chi connectivity index (χ3n) is 3.87. The molecule has 0 radical (unpaired) electrons. The third kappa shape index (κ3) is 3.74. The van der Waals surface area contributed by atoms with Crippen molar-refractivity contribution in [3.05, 3.63) is 51.7 Å². The van der Waals surface area contributed by atoms with Gasteiger partial charge in [-0.2, -0.15) is 0 Å². The number of carbonyl (C=O) groups is 1. The normalized spacial score (nSPS) is 17.6. The predicted molar refractivity (Wildman–Crippen MR) is 90.9 cm³/mol. The lowest BCUT2D eigenvalue weighted by Gasteiger charge is -2.06. The van der Waals surface area contributed by atoms with Crippen molar-refractivity contribution in [2.75, 3.05) is 11.9 Å². The molecule has 1 fully saturated rings. The van der Waals surface area contributed by atoms with Gasteiger partial charge in [0.25, 0.3) is 0 Å². The van der Waals surface area contributed by atoms with E-state index in [9.17, 15) is 4.79 Å². The van der Waals surface area contributed by atoms with E-state index in [0.29, 0.717) is 12.5 Å². The van der Waals surface area contributed by atoms with Gasteiger partial charge in [0, 0.05) is 22.7 Å². The minimum atomic E-state index is 0.0776. The SMILES string of the molecule is Cc1sc(C2CCNN2)cc1NC(=O)CCc1ccccc1. The summed E-state index contributed by atoms with van der Waals surface area (Å²) in [7, 11) is 0. The number of nitrogens with one attached hydrogen (secondary N) is 3. The van der Waals surface area contributed by atoms with Gasteiger partial charge in [-0.3, -0.25) is 10.2 Å². The van der Waals surface area contributed by atoms with Crippen molar-refractivity contribution in [3.8, 4) is 0 Å². The Morgan fingerprint density at radius 2 is 2.18 bits per heavy atom. The first-order valence-corrected chi connectivity index (χ1v) is 8.46. The van der Waals surface area contributed by atoms with Gasteiger partial charge in [-0.05, 0) is 31.4 Å². The van der Waals surface area contributed by atoms with E-state index >= 15 is 0 Å². The van der Waals surface area contributed by atoms with Gasteiger partial charge in [0.2, 0.25) is 5.91 Å². The fourth-order valence-electron chi connectivity index (χ4n) is 2.61. The Balaban J connectivity index is 1.57. The maximum Gasteiger partial charge on any atom is 0.224 e. The van der Waals surface area contributed by atoms with Crippen molar-refractivity contribution in [2.24, 2.45) is 0 Å². The number of aryl methyl sites for hydroxylation is 2. The standard InChI is InChI=1S/C17H21N3OS/c1-12-15(11-16(22-12)14-9-10-18-20-14)19-17(21)8-7-13-5-3-2-4-6-13/h2-6,11,14,18,20H,7-10H2,1H3,(H,19,21). The van der Waals surface area contributed by atoms with Crippen LogP contribution in [-0.2, 0) is 11.2 Å². The molecular weight excluding hydrogens is 294 g/mol. The highest BCUT2D eigenvalue weighted by Crippen LogP contribution is 2.32. The van der Waals surface area contributed by atoms with Crippen LogP contribution in [0.3, 0.4) is 0 Å². The number of anilines is 1. The van der Waals surface area contributed by atoms with E-state index in [4.69, 9.17) is 0 Å². The molecule has 1 aliphatic heterocycles. The van der Waals surface area contributed by atoms with Gasteiger partial charge in [0.15, 0.2) is 0 Å². The Morgan fingerprint density at radius 3 is 2.91 bits per heavy atom. The molecule has 22 heavy (non-hydrogen) atoms. The number of thiophene rings is 1. The van der Waals surface area contributed by atoms with Crippen molar-refractivity contribution in [1.82, 2.24) is 10.9 Å². The van der Waals surface area contributed by atoms with Gasteiger partial charge in [-0.25, -0.2) is 5.43 Å². The fourth-order valence-corrected chi connectivity index (χ4v) is 3.68. The van der Waals surface area contributed by atoms with Crippen molar-refractivity contribution in [3.63, 3.8) is 0 Å². The highest BCUT2D eigenvalue weighted by molar-refractivity contribution is 7.12. The third-order valence-corrected chi connectivity index (χ3v) is 5.04. The zero-order chi connectivity index (χ0) is 15.4. The van der Waals surface area contributed by atoms with Gasteiger partial charge < -0.3 is 5.32 Å². The molecule has 116 valence electrons. The van der Waals surface area contributed by atoms with Crippen molar-refractivity contribution in [1.29, 1.82) is 0 Å². The highest BCUT2D eigenvalue weighted by atomic mass is 32.1. The fraction of sp³-hybridized carbons (Fsp3) is 0.353. The molecule has 1 unspecified atom stereocenters. The van der Waals surface area contributed by atoms with Crippen molar-refractivity contribution in [2.45, 2.75) is 32.2 Å². The Labute approximate surface area is 134 Å². The van der Waals surface area contributed by atoms with Crippen LogP contribution in [-0.4, -0.2) is 12.5 Å². The summed E-state index contributed by atoms with van der Waals surface area (Å²) < 4.78 is 0. The van der Waals surface area contributed by atoms with Gasteiger partial charge in [-0.1, -0.05) is 30.3 Å². The van der Waals surface area contributed by atoms with Crippen LogP contribution in [0, 0.1) is 6.92 Å². The zero-order valence-corrected chi connectivity index (χ0v) is 13.5. The van der Waals surface area contributed by atoms with Crippen LogP contribution in [0.1, 0.15) is 34.2 Å². The molecule has 2 heterocycles. The molecular formula is C17H21N3OS. The molecule has 1 saturated heterocycles. The van der Waals surface area contributed by atoms with Crippen LogP contribution in [0.25, 0.3) is 0 Å². The Bertz CT molecular complexity index is 633. The lowest BCUT2D eigenvalue weighted by Crippen LogP contribution is -2.24. The highest BCUT2D eigenvalue weighted by Gasteiger charge is 2.19. The Hall–Kier alpha value is -1.69. The molecule has 0 spiro atoms. The molecule has 1 amide bonds. The molecule has 1 aromatic heterocycles. The number of hydrogen-bond acceptors (Lipinski definition) is 4. The van der Waals surface area contributed by atoms with Crippen LogP contribution in [0.15, 0.2) is 36.4 Å². The van der Waals surface area contributed by atoms with E-state index in [2.05, 4.69) is 41.3 Å². The molecule has 0 bridgehead atoms. The molecule has 2 aromatic rings. The molecule has 0 aliphatic carbocycles. The molecule has 1 atom stereocenters. The van der Waals surface area contributed by atoms with E-state index in [1.165, 1.54) is 10.4 Å². The van der Waals surface area contributed by atoms with E-state index in [0.717, 1.165) is 30.0 Å². The quantitative estimate of drug-likeness (QED) is 0.794. The molecule has 3 N–H and O–H groups in total. The monoisotopic (exact) mass is 315 g/mol. The maximum absolute atomic E-state index is 12.1. The summed E-state index contributed by atoms with van der Waals surface area (Å²) >= 11 is 1.75. The van der Waals surface area contributed by atoms with Crippen molar-refractivity contribution >= 4 is 22.9 Å². The molecule has 5 heteroatoms. The summed E-state index contributed by atoms with van der Waals surface area (Å²) in [6.07, 6.45) is 2.37. The summed E-state index contributed by atoms with van der Waals surface area (Å²) in [6.45, 7) is 3.05. The first kappa shape index (κ1) is 15.2. The summed E-state index contributed by atoms with van der Waals surface area (Å²) in [6, 6.07) is 12.6. The van der Waals surface area contributed by atoms with E-state index in [-0.39, 0.29) is 5.91 Å². The summed E-state index contributed by atoms with van der Waals surface area (Å²) in [5.41, 5.74) is 8.56. The second-order valence-electron chi connectivity index (χ2n) is 5.56. The van der Waals surface area contributed by atoms with Gasteiger partial charge >= 0.3 is 0 Å². The number of hydrazine groups is 1. The zero-order valence-electron chi connectivity index (χ0n) is 12.7. The number of hydrogen-bond donors (Lipinski definition) is 3. The summed E-state index contributed by atoms with van der Waals surface area (Å²) in [5.74, 6) is 0.0776. The Kier molecular flexibility index (Phi) is 4.87. The van der Waals surface area contributed by atoms with E-state index in [1.807, 2.05) is 18.2 Å². The molecule has 1 aromatic carbocycles. The van der Waals surface area contributed by atoms with Gasteiger partial charge in [-0.15, -0.1) is 11.3 Å². The van der Waals surface area contributed by atoms with E-state index < -0.39 is 0 Å². The van der Waals surface area contributed by atoms with Crippen LogP contribution in [0.2, 0.25) is 0 Å². The summed E-state index contributed by atoms with van der Waals surface area (Å²) in [5, 5.41) is 3.05. The van der Waals surface area contributed by atoms with Gasteiger partial charge in [0.05, 0.1) is 11.7 Å². The molecule has 4 nitrogen and oxygen atoms in total. The minimum absolute atomic E-state index is 0.0776. The average molecular weight is 315 g/mol. The van der Waals surface area contributed by atoms with Crippen LogP contribution in [0.5, 0.6) is 0 Å². The van der Waals surface area contributed by atoms with Crippen LogP contribution >= 0.6 is 11.3 Å². The summed E-state index contributed by atoms with van der Waals surface area (Å²) in [4.78, 5) is 14.6. The van der Waals surface area contributed by atoms with E-state index in [1.54, 1.807) is 11.3 Å². The molecule has 0 saturated carbocycles. The lowest BCUT2D eigenvalue weighted by molar-refractivity contribution is -0.116. The smallest absolute Gasteiger partial charge is 0.224 e. The van der Waals surface area contributed by atoms with Crippen LogP contribution < -0.4 is 16.2 Å². The average Bonchev–Trinajstić information content (AvgIpc) is 3.17. The molecule has 1 aliphatic rings. The van der Waals surface area contributed by atoms with Crippen LogP contribution in [0.4, 0.5) is 5.69 Å². The second-order valence-corrected chi connectivity index (χ2v) is 6.85. The molecule has 3 rings (SSSR count). The number of benzene rings is 1. The minimum Gasteiger partial charge on any atom is -0.325 e. The van der Waals surface area contributed by atoms with Gasteiger partial charge in [0.1, 0.15) is 0 Å². The number of rotatable bonds is 5. The van der Waals surface area contributed by atoms with Crippen molar-refractivity contribution < 1.29 is 4.79 Å². The lowest BCUT2D eigenvalue weighted by atomic mass is 10.1. The predicted octanol–water partition coefficient (Wildman–Crippen LogP) is 3.17. The topological polar surface area (TPSA) is 53.2 Å². The second kappa shape index (κ2) is 7.05. The number of carbonyl (C=O) groups excluding carboxylic acids is 1. The Morgan fingerprint density at radius 1 is 1.36 bits per heavy atom. The first-order valence-electron chi connectivity index (χ1n) is 7.65. The maximum atomic E-state index is 12.1. The number of amides is 1.